The molecule has 2 rings (SSSR count). The Morgan fingerprint density at radius 3 is 2.70 bits per heavy atom. The van der Waals surface area contributed by atoms with Crippen LogP contribution in [0.25, 0.3) is 6.08 Å². The number of benzene rings is 2. The largest absolute Gasteiger partial charge is 0.507 e. The number of rotatable bonds is 9. The van der Waals surface area contributed by atoms with Gasteiger partial charge in [-0.15, -0.1) is 0 Å². The van der Waals surface area contributed by atoms with Crippen molar-refractivity contribution in [2.45, 2.75) is 13.5 Å². The number of allylic oxidation sites excluding steroid dienone is 1. The fourth-order valence-electron chi connectivity index (χ4n) is 2.26. The van der Waals surface area contributed by atoms with Crippen LogP contribution in [0.2, 0.25) is 0 Å². The third kappa shape index (κ3) is 5.19. The number of ether oxygens (including phenoxy) is 2. The molecule has 0 bridgehead atoms. The molecule has 0 amide bonds. The van der Waals surface area contributed by atoms with Crippen molar-refractivity contribution in [2.24, 2.45) is 0 Å². The number of phenols is 1. The van der Waals surface area contributed by atoms with E-state index in [1.807, 2.05) is 0 Å². The first-order chi connectivity index (χ1) is 13.0. The van der Waals surface area contributed by atoms with Gasteiger partial charge in [-0.05, 0) is 36.3 Å². The highest BCUT2D eigenvalue weighted by Crippen LogP contribution is 2.35. The Hall–Kier alpha value is -3.10. The highest BCUT2D eigenvalue weighted by molar-refractivity contribution is 5.83. The number of aromatic hydroxyl groups is 1. The molecule has 2 aromatic carbocycles. The molecule has 0 spiro atoms. The van der Waals surface area contributed by atoms with E-state index in [0.29, 0.717) is 23.2 Å². The highest BCUT2D eigenvalue weighted by Gasteiger charge is 2.14. The lowest BCUT2D eigenvalue weighted by Gasteiger charge is -2.14. The Balaban J connectivity index is 2.27. The van der Waals surface area contributed by atoms with Gasteiger partial charge < -0.3 is 19.4 Å². The number of phenolic OH excluding ortho intramolecular Hbond substituents is 1. The summed E-state index contributed by atoms with van der Waals surface area (Å²) in [7, 11) is 2.78. The molecular formula is C19H20FNO6. The number of nitrogens with one attached hydrogen (secondary N) is 1. The summed E-state index contributed by atoms with van der Waals surface area (Å²) in [5.41, 5.74) is 3.08. The first-order valence-corrected chi connectivity index (χ1v) is 7.89. The van der Waals surface area contributed by atoms with E-state index in [0.717, 1.165) is 0 Å². The predicted octanol–water partition coefficient (Wildman–Crippen LogP) is 3.17. The van der Waals surface area contributed by atoms with E-state index in [-0.39, 0.29) is 29.4 Å². The second-order valence-corrected chi connectivity index (χ2v) is 5.46. The Kier molecular flexibility index (Phi) is 7.16. The van der Waals surface area contributed by atoms with E-state index in [1.54, 1.807) is 13.0 Å². The van der Waals surface area contributed by atoms with Gasteiger partial charge in [0.1, 0.15) is 36.0 Å². The van der Waals surface area contributed by atoms with E-state index >= 15 is 0 Å². The lowest BCUT2D eigenvalue weighted by atomic mass is 10.1. The summed E-state index contributed by atoms with van der Waals surface area (Å²) in [6.45, 7) is 1.43. The molecule has 0 unspecified atom stereocenters. The van der Waals surface area contributed by atoms with E-state index in [9.17, 15) is 14.3 Å². The Morgan fingerprint density at radius 1 is 1.26 bits per heavy atom. The lowest BCUT2D eigenvalue weighted by molar-refractivity contribution is -0.104. The number of carbonyl (C=O) groups excluding carboxylic acids is 1. The van der Waals surface area contributed by atoms with Crippen LogP contribution < -0.4 is 20.0 Å². The summed E-state index contributed by atoms with van der Waals surface area (Å²) < 4.78 is 24.9. The van der Waals surface area contributed by atoms with Crippen LogP contribution in [0.5, 0.6) is 23.0 Å². The summed E-state index contributed by atoms with van der Waals surface area (Å²) in [6.07, 6.45) is 2.15. The van der Waals surface area contributed by atoms with Gasteiger partial charge in [-0.3, -0.25) is 9.63 Å². The van der Waals surface area contributed by atoms with Gasteiger partial charge >= 0.3 is 0 Å². The van der Waals surface area contributed by atoms with Crippen LogP contribution in [-0.4, -0.2) is 25.6 Å². The van der Waals surface area contributed by atoms with E-state index in [4.69, 9.17) is 14.3 Å². The van der Waals surface area contributed by atoms with Crippen molar-refractivity contribution in [3.8, 4) is 23.0 Å². The van der Waals surface area contributed by atoms with E-state index in [2.05, 4.69) is 10.5 Å². The monoisotopic (exact) mass is 377 g/mol. The number of hydrogen-bond donors (Lipinski definition) is 2. The van der Waals surface area contributed by atoms with Crippen molar-refractivity contribution in [3.63, 3.8) is 0 Å². The molecule has 0 heterocycles. The van der Waals surface area contributed by atoms with Crippen LogP contribution in [-0.2, 0) is 16.2 Å². The van der Waals surface area contributed by atoms with Gasteiger partial charge in [0.25, 0.3) is 0 Å². The zero-order chi connectivity index (χ0) is 19.8. The predicted molar refractivity (Wildman–Crippen MR) is 95.9 cm³/mol. The first-order valence-electron chi connectivity index (χ1n) is 7.89. The topological polar surface area (TPSA) is 86.3 Å². The third-order valence-electron chi connectivity index (χ3n) is 3.57. The minimum absolute atomic E-state index is 0.142. The highest BCUT2D eigenvalue weighted by atomic mass is 19.1. The summed E-state index contributed by atoms with van der Waals surface area (Å²) in [5, 5.41) is 10.2. The fourth-order valence-corrected chi connectivity index (χ4v) is 2.26. The first kappa shape index (κ1) is 20.2. The van der Waals surface area contributed by atoms with Crippen molar-refractivity contribution >= 4 is 12.4 Å². The smallest absolute Gasteiger partial charge is 0.159 e. The molecule has 2 N–H and O–H groups in total. The second-order valence-electron chi connectivity index (χ2n) is 5.46. The minimum atomic E-state index is -0.525. The molecule has 8 heteroatoms. The maximum absolute atomic E-state index is 14.1. The Morgan fingerprint density at radius 2 is 2.04 bits per heavy atom. The van der Waals surface area contributed by atoms with Crippen molar-refractivity contribution in [1.82, 2.24) is 5.64 Å². The van der Waals surface area contributed by atoms with Crippen molar-refractivity contribution in [1.29, 1.82) is 0 Å². The van der Waals surface area contributed by atoms with E-state index in [1.165, 1.54) is 44.6 Å². The Bertz CT molecular complexity index is 837. The summed E-state index contributed by atoms with van der Waals surface area (Å²) >= 11 is 0. The number of aldehydes is 1. The number of methoxy groups -OCH3 is 1. The van der Waals surface area contributed by atoms with Crippen LogP contribution in [0.3, 0.4) is 0 Å². The maximum atomic E-state index is 14.1. The van der Waals surface area contributed by atoms with Crippen LogP contribution in [0, 0.1) is 5.82 Å². The second kappa shape index (κ2) is 9.56. The van der Waals surface area contributed by atoms with Crippen molar-refractivity contribution in [2.75, 3.05) is 14.2 Å². The molecule has 0 aliphatic rings. The average molecular weight is 377 g/mol. The molecule has 0 saturated carbocycles. The summed E-state index contributed by atoms with van der Waals surface area (Å²) in [5.74, 6) is 0.0740. The molecule has 2 aromatic rings. The molecular weight excluding hydrogens is 357 g/mol. The normalized spacial score (nSPS) is 11.2. The quantitative estimate of drug-likeness (QED) is 0.394. The molecule has 144 valence electrons. The molecule has 0 fully saturated rings. The zero-order valence-electron chi connectivity index (χ0n) is 15.1. The minimum Gasteiger partial charge on any atom is -0.507 e. The van der Waals surface area contributed by atoms with Crippen LogP contribution in [0.1, 0.15) is 18.1 Å². The van der Waals surface area contributed by atoms with Crippen LogP contribution in [0.4, 0.5) is 4.39 Å². The number of halogens is 1. The molecule has 0 radical (unpaired) electrons. The lowest BCUT2D eigenvalue weighted by Crippen LogP contribution is -2.18. The number of carbonyl (C=O) groups is 1. The van der Waals surface area contributed by atoms with Crippen molar-refractivity contribution < 1.29 is 33.4 Å². The third-order valence-corrected chi connectivity index (χ3v) is 3.57. The fraction of sp³-hybridized carbons (Fsp3) is 0.211. The standard InChI is InChI=1S/C19H20FNO6/c1-12(10-22)7-14-17(23)8-13(9-19(14)24-2)26-11-15-16(20)5-4-6-18(15)27-21-25-3/h4-10,21,23H,11H2,1-3H3/b12-7+. The molecule has 27 heavy (non-hydrogen) atoms. The molecule has 0 aliphatic carbocycles. The molecule has 0 atom stereocenters. The van der Waals surface area contributed by atoms with E-state index < -0.39 is 5.82 Å². The van der Waals surface area contributed by atoms with Gasteiger partial charge in [-0.1, -0.05) is 6.07 Å². The van der Waals surface area contributed by atoms with Gasteiger partial charge in [-0.25, -0.2) is 4.39 Å². The number of hydrogen-bond acceptors (Lipinski definition) is 7. The van der Waals surface area contributed by atoms with Crippen LogP contribution >= 0.6 is 0 Å². The summed E-state index contributed by atoms with van der Waals surface area (Å²) in [4.78, 5) is 20.5. The molecule has 0 saturated heterocycles. The summed E-state index contributed by atoms with van der Waals surface area (Å²) in [6, 6.07) is 7.17. The molecule has 7 nitrogen and oxygen atoms in total. The SMILES string of the molecule is CONOc1cccc(F)c1COc1cc(O)c(/C=C(\C)C=O)c(OC)c1. The maximum Gasteiger partial charge on any atom is 0.159 e. The van der Waals surface area contributed by atoms with Gasteiger partial charge in [0.15, 0.2) is 5.75 Å². The van der Waals surface area contributed by atoms with Gasteiger partial charge in [0.05, 0.1) is 25.3 Å². The molecule has 0 aliphatic heterocycles. The van der Waals surface area contributed by atoms with Gasteiger partial charge in [-0.2, -0.15) is 0 Å². The Labute approximate surface area is 155 Å². The van der Waals surface area contributed by atoms with Gasteiger partial charge in [0.2, 0.25) is 0 Å². The average Bonchev–Trinajstić information content (AvgIpc) is 2.66. The van der Waals surface area contributed by atoms with Crippen molar-refractivity contribution in [3.05, 3.63) is 52.8 Å². The molecule has 0 aromatic heterocycles. The van der Waals surface area contributed by atoms with Gasteiger partial charge in [0, 0.05) is 12.1 Å². The zero-order valence-corrected chi connectivity index (χ0v) is 15.1. The van der Waals surface area contributed by atoms with Crippen LogP contribution in [0.15, 0.2) is 35.9 Å².